The lowest BCUT2D eigenvalue weighted by Crippen LogP contribution is -2.38. The molecule has 0 unspecified atom stereocenters. The van der Waals surface area contributed by atoms with Gasteiger partial charge in [0.15, 0.2) is 5.82 Å². The smallest absolute Gasteiger partial charge is 0.406 e. The molecule has 10 heteroatoms. The molecule has 6 nitrogen and oxygen atoms in total. The predicted octanol–water partition coefficient (Wildman–Crippen LogP) is 5.55. The summed E-state index contributed by atoms with van der Waals surface area (Å²) in [4.78, 5) is 14.6. The number of nitrogens with zero attached hydrogens (tertiary/aromatic N) is 3. The molecule has 1 fully saturated rings. The summed E-state index contributed by atoms with van der Waals surface area (Å²) in [6.07, 6.45) is -3.50. The van der Waals surface area contributed by atoms with E-state index < -0.39 is 6.36 Å². The normalized spacial score (nSPS) is 14.7. The lowest BCUT2D eigenvalue weighted by atomic mass is 9.95. The first-order valence-electron chi connectivity index (χ1n) is 10.3. The number of nitrogens with one attached hydrogen (secondary N) is 1. The molecule has 0 spiro atoms. The van der Waals surface area contributed by atoms with Crippen molar-refractivity contribution in [2.24, 2.45) is 5.92 Å². The fourth-order valence-corrected chi connectivity index (χ4v) is 3.75. The number of amides is 1. The molecule has 0 saturated carbocycles. The Morgan fingerprint density at radius 1 is 0.970 bits per heavy atom. The number of halogens is 4. The van der Waals surface area contributed by atoms with Crippen LogP contribution in [0.2, 0.25) is 5.02 Å². The Balaban J connectivity index is 1.29. The van der Waals surface area contributed by atoms with E-state index in [0.29, 0.717) is 36.6 Å². The molecule has 172 valence electrons. The van der Waals surface area contributed by atoms with Crippen molar-refractivity contribution in [3.8, 4) is 17.0 Å². The van der Waals surface area contributed by atoms with Crippen LogP contribution in [0.25, 0.3) is 11.3 Å². The van der Waals surface area contributed by atoms with Gasteiger partial charge in [0.1, 0.15) is 5.75 Å². The quantitative estimate of drug-likeness (QED) is 0.523. The van der Waals surface area contributed by atoms with E-state index in [4.69, 9.17) is 11.6 Å². The molecule has 4 rings (SSSR count). The van der Waals surface area contributed by atoms with E-state index in [1.165, 1.54) is 12.1 Å². The fraction of sp³-hybridized carbons (Fsp3) is 0.261. The topological polar surface area (TPSA) is 67.3 Å². The highest BCUT2D eigenvalue weighted by atomic mass is 35.5. The van der Waals surface area contributed by atoms with Crippen LogP contribution >= 0.6 is 11.6 Å². The molecule has 33 heavy (non-hydrogen) atoms. The van der Waals surface area contributed by atoms with E-state index in [-0.39, 0.29) is 17.6 Å². The minimum absolute atomic E-state index is 0.164. The molecule has 2 aromatic carbocycles. The van der Waals surface area contributed by atoms with Gasteiger partial charge in [-0.25, -0.2) is 0 Å². The molecule has 0 radical (unpaired) electrons. The number of hydrogen-bond acceptors (Lipinski definition) is 5. The fourth-order valence-electron chi connectivity index (χ4n) is 3.62. The molecule has 1 aliphatic heterocycles. The van der Waals surface area contributed by atoms with Gasteiger partial charge in [0.05, 0.1) is 5.69 Å². The number of piperidine rings is 1. The first-order valence-corrected chi connectivity index (χ1v) is 10.7. The summed E-state index contributed by atoms with van der Waals surface area (Å²) in [6.45, 7) is 1.29. The molecule has 1 saturated heterocycles. The van der Waals surface area contributed by atoms with Gasteiger partial charge < -0.3 is 15.0 Å². The number of ether oxygens (including phenoxy) is 1. The number of rotatable bonds is 5. The molecule has 1 N–H and O–H groups in total. The largest absolute Gasteiger partial charge is 0.573 e. The van der Waals surface area contributed by atoms with E-state index in [2.05, 4.69) is 25.2 Å². The zero-order chi connectivity index (χ0) is 23.4. The zero-order valence-electron chi connectivity index (χ0n) is 17.3. The summed E-state index contributed by atoms with van der Waals surface area (Å²) >= 11 is 5.92. The second-order valence-electron chi connectivity index (χ2n) is 7.61. The number of benzene rings is 2. The van der Waals surface area contributed by atoms with Gasteiger partial charge in [-0.1, -0.05) is 23.7 Å². The van der Waals surface area contributed by atoms with Gasteiger partial charge in [0.25, 0.3) is 0 Å². The van der Waals surface area contributed by atoms with Gasteiger partial charge in [-0.3, -0.25) is 4.79 Å². The third kappa shape index (κ3) is 6.13. The maximum atomic E-state index is 12.6. The van der Waals surface area contributed by atoms with Crippen LogP contribution in [0.3, 0.4) is 0 Å². The van der Waals surface area contributed by atoms with E-state index in [1.54, 1.807) is 12.1 Å². The van der Waals surface area contributed by atoms with Crippen molar-refractivity contribution >= 4 is 29.0 Å². The standard InChI is InChI=1S/C23H20ClF3N4O2/c24-17-3-1-15(2-4-17)20-9-10-21(30-29-20)31-13-11-16(12-14-31)22(32)28-18-5-7-19(8-6-18)33-23(25,26)27/h1-10,16H,11-14H2,(H,28,32). The Morgan fingerprint density at radius 2 is 1.64 bits per heavy atom. The van der Waals surface area contributed by atoms with E-state index in [0.717, 1.165) is 29.2 Å². The van der Waals surface area contributed by atoms with Crippen molar-refractivity contribution in [1.82, 2.24) is 10.2 Å². The van der Waals surface area contributed by atoms with E-state index in [1.807, 2.05) is 24.3 Å². The van der Waals surface area contributed by atoms with Crippen molar-refractivity contribution in [3.63, 3.8) is 0 Å². The van der Waals surface area contributed by atoms with Crippen molar-refractivity contribution < 1.29 is 22.7 Å². The number of aromatic nitrogens is 2. The molecule has 0 atom stereocenters. The SMILES string of the molecule is O=C(Nc1ccc(OC(F)(F)F)cc1)C1CCN(c2ccc(-c3ccc(Cl)cc3)nn2)CC1. The lowest BCUT2D eigenvalue weighted by molar-refractivity contribution is -0.274. The van der Waals surface area contributed by atoms with Crippen LogP contribution in [0.5, 0.6) is 5.75 Å². The van der Waals surface area contributed by atoms with Crippen LogP contribution in [0.15, 0.2) is 60.7 Å². The Bertz CT molecular complexity index is 1080. The van der Waals surface area contributed by atoms with Crippen molar-refractivity contribution in [2.45, 2.75) is 19.2 Å². The summed E-state index contributed by atoms with van der Waals surface area (Å²) in [5, 5.41) is 12.0. The maximum Gasteiger partial charge on any atom is 0.573 e. The first kappa shape index (κ1) is 22.8. The van der Waals surface area contributed by atoms with Crippen LogP contribution in [0, 0.1) is 5.92 Å². The number of alkyl halides is 3. The third-order valence-corrected chi connectivity index (χ3v) is 5.59. The number of carbonyl (C=O) groups is 1. The molecule has 0 aliphatic carbocycles. The number of hydrogen-bond donors (Lipinski definition) is 1. The van der Waals surface area contributed by atoms with Gasteiger partial charge in [0, 0.05) is 35.3 Å². The molecule has 3 aromatic rings. The Kier molecular flexibility index (Phi) is 6.69. The summed E-state index contributed by atoms with van der Waals surface area (Å²) in [5.74, 6) is 0.0424. The molecule has 0 bridgehead atoms. The van der Waals surface area contributed by atoms with Gasteiger partial charge in [-0.05, 0) is 61.4 Å². The minimum Gasteiger partial charge on any atom is -0.406 e. The lowest BCUT2D eigenvalue weighted by Gasteiger charge is -2.31. The molecular formula is C23H20ClF3N4O2. The van der Waals surface area contributed by atoms with Crippen LogP contribution in [0.1, 0.15) is 12.8 Å². The van der Waals surface area contributed by atoms with Crippen LogP contribution < -0.4 is 15.0 Å². The van der Waals surface area contributed by atoms with Crippen LogP contribution in [-0.2, 0) is 4.79 Å². The highest BCUT2D eigenvalue weighted by Gasteiger charge is 2.31. The van der Waals surface area contributed by atoms with Gasteiger partial charge in [0.2, 0.25) is 5.91 Å². The summed E-state index contributed by atoms with van der Waals surface area (Å²) < 4.78 is 40.6. The average molecular weight is 477 g/mol. The van der Waals surface area contributed by atoms with Crippen LogP contribution in [-0.4, -0.2) is 35.6 Å². The number of carbonyl (C=O) groups excluding carboxylic acids is 1. The Morgan fingerprint density at radius 3 is 2.21 bits per heavy atom. The third-order valence-electron chi connectivity index (χ3n) is 5.34. The Hall–Kier alpha value is -3.33. The monoisotopic (exact) mass is 476 g/mol. The average Bonchev–Trinajstić information content (AvgIpc) is 2.80. The zero-order valence-corrected chi connectivity index (χ0v) is 18.1. The number of anilines is 2. The summed E-state index contributed by atoms with van der Waals surface area (Å²) in [7, 11) is 0. The van der Waals surface area contributed by atoms with Crippen molar-refractivity contribution in [2.75, 3.05) is 23.3 Å². The van der Waals surface area contributed by atoms with Crippen LogP contribution in [0.4, 0.5) is 24.7 Å². The highest BCUT2D eigenvalue weighted by Crippen LogP contribution is 2.27. The van der Waals surface area contributed by atoms with Crippen molar-refractivity contribution in [1.29, 1.82) is 0 Å². The molecule has 1 aliphatic rings. The Labute approximate surface area is 193 Å². The molecule has 1 amide bonds. The molecule has 2 heterocycles. The minimum atomic E-state index is -4.75. The molecule has 1 aromatic heterocycles. The van der Waals surface area contributed by atoms with Gasteiger partial charge in [-0.2, -0.15) is 0 Å². The second kappa shape index (κ2) is 9.66. The first-order chi connectivity index (χ1) is 15.8. The predicted molar refractivity (Wildman–Crippen MR) is 119 cm³/mol. The second-order valence-corrected chi connectivity index (χ2v) is 8.04. The van der Waals surface area contributed by atoms with E-state index >= 15 is 0 Å². The van der Waals surface area contributed by atoms with Gasteiger partial charge in [-0.15, -0.1) is 23.4 Å². The van der Waals surface area contributed by atoms with Gasteiger partial charge >= 0.3 is 6.36 Å². The van der Waals surface area contributed by atoms with Crippen molar-refractivity contribution in [3.05, 3.63) is 65.7 Å². The summed E-state index contributed by atoms with van der Waals surface area (Å²) in [5.41, 5.74) is 2.09. The maximum absolute atomic E-state index is 12.6. The van der Waals surface area contributed by atoms with E-state index in [9.17, 15) is 18.0 Å². The molecular weight excluding hydrogens is 457 g/mol. The summed E-state index contributed by atoms with van der Waals surface area (Å²) in [6, 6.07) is 16.3. The highest BCUT2D eigenvalue weighted by molar-refractivity contribution is 6.30.